The lowest BCUT2D eigenvalue weighted by Crippen LogP contribution is -2.54. The van der Waals surface area contributed by atoms with Crippen molar-refractivity contribution in [3.8, 4) is 0 Å². The van der Waals surface area contributed by atoms with E-state index in [9.17, 15) is 9.59 Å². The molecular weight excluding hydrogens is 448 g/mol. The van der Waals surface area contributed by atoms with Gasteiger partial charge in [0.05, 0.1) is 6.04 Å². The van der Waals surface area contributed by atoms with E-state index in [4.69, 9.17) is 5.73 Å². The van der Waals surface area contributed by atoms with Crippen molar-refractivity contribution >= 4 is 11.8 Å². The number of carbonyl (C=O) groups is 2. The highest BCUT2D eigenvalue weighted by Crippen LogP contribution is 2.37. The second-order valence-electron chi connectivity index (χ2n) is 11.2. The lowest BCUT2D eigenvalue weighted by molar-refractivity contribution is -0.138. The van der Waals surface area contributed by atoms with Gasteiger partial charge in [0.25, 0.3) is 0 Å². The molecule has 3 N–H and O–H groups in total. The molecule has 2 aliphatic heterocycles. The summed E-state index contributed by atoms with van der Waals surface area (Å²) in [5.74, 6) is 1.23. The van der Waals surface area contributed by atoms with E-state index in [0.717, 1.165) is 51.7 Å². The van der Waals surface area contributed by atoms with Crippen LogP contribution in [0.15, 0.2) is 60.7 Å². The summed E-state index contributed by atoms with van der Waals surface area (Å²) in [6, 6.07) is 20.4. The van der Waals surface area contributed by atoms with Gasteiger partial charge < -0.3 is 20.9 Å². The Balaban J connectivity index is 1.32. The summed E-state index contributed by atoms with van der Waals surface area (Å²) in [5, 5.41) is 2.99. The zero-order valence-electron chi connectivity index (χ0n) is 21.4. The fourth-order valence-electron chi connectivity index (χ4n) is 6.03. The van der Waals surface area contributed by atoms with Gasteiger partial charge in [-0.25, -0.2) is 0 Å². The highest BCUT2D eigenvalue weighted by atomic mass is 16.2. The third-order valence-corrected chi connectivity index (χ3v) is 8.27. The molecule has 0 radical (unpaired) electrons. The first-order valence-corrected chi connectivity index (χ1v) is 13.7. The Morgan fingerprint density at radius 1 is 0.944 bits per heavy atom. The summed E-state index contributed by atoms with van der Waals surface area (Å²) >= 11 is 0. The van der Waals surface area contributed by atoms with Crippen molar-refractivity contribution in [1.29, 1.82) is 0 Å². The molecule has 3 fully saturated rings. The zero-order valence-corrected chi connectivity index (χ0v) is 21.4. The fourth-order valence-corrected chi connectivity index (χ4v) is 6.03. The van der Waals surface area contributed by atoms with Gasteiger partial charge in [0.2, 0.25) is 11.8 Å². The summed E-state index contributed by atoms with van der Waals surface area (Å²) in [7, 11) is 0. The van der Waals surface area contributed by atoms with Gasteiger partial charge >= 0.3 is 0 Å². The Hall–Kier alpha value is -2.70. The van der Waals surface area contributed by atoms with E-state index in [1.807, 2.05) is 6.07 Å². The van der Waals surface area contributed by atoms with Crippen LogP contribution in [0, 0.1) is 5.92 Å². The van der Waals surface area contributed by atoms with Gasteiger partial charge in [-0.15, -0.1) is 0 Å². The van der Waals surface area contributed by atoms with Crippen LogP contribution in [-0.2, 0) is 9.59 Å². The SMILES string of the molecule is CC(N)C(=O)NC(CC1CC1)C(=O)N1C[C@@H](c2ccccc2)C[C@H]1CN1CCC(c2ccccc2)C1. The Morgan fingerprint density at radius 3 is 2.19 bits per heavy atom. The van der Waals surface area contributed by atoms with E-state index in [2.05, 4.69) is 69.7 Å². The van der Waals surface area contributed by atoms with Gasteiger partial charge in [0.1, 0.15) is 6.04 Å². The minimum absolute atomic E-state index is 0.0677. The van der Waals surface area contributed by atoms with Crippen LogP contribution in [0.4, 0.5) is 0 Å². The third kappa shape index (κ3) is 5.98. The maximum atomic E-state index is 14.0. The number of benzene rings is 2. The molecule has 3 aliphatic rings. The number of likely N-dealkylation sites (tertiary alicyclic amines) is 2. The first kappa shape index (κ1) is 25.0. The van der Waals surface area contributed by atoms with E-state index in [0.29, 0.717) is 24.3 Å². The van der Waals surface area contributed by atoms with E-state index in [1.54, 1.807) is 6.92 Å². The molecule has 2 aromatic carbocycles. The van der Waals surface area contributed by atoms with E-state index >= 15 is 0 Å². The molecule has 2 heterocycles. The monoisotopic (exact) mass is 488 g/mol. The van der Waals surface area contributed by atoms with Crippen molar-refractivity contribution < 1.29 is 9.59 Å². The number of carbonyl (C=O) groups excluding carboxylic acids is 2. The summed E-state index contributed by atoms with van der Waals surface area (Å²) in [4.78, 5) is 31.1. The first-order chi connectivity index (χ1) is 17.5. The molecule has 6 nitrogen and oxygen atoms in total. The molecule has 36 heavy (non-hydrogen) atoms. The lowest BCUT2D eigenvalue weighted by Gasteiger charge is -2.32. The number of rotatable bonds is 9. The number of amides is 2. The average Bonchev–Trinajstić information content (AvgIpc) is 3.43. The van der Waals surface area contributed by atoms with Crippen molar-refractivity contribution in [2.45, 2.75) is 69.0 Å². The van der Waals surface area contributed by atoms with Crippen molar-refractivity contribution in [3.05, 3.63) is 71.8 Å². The van der Waals surface area contributed by atoms with Gasteiger partial charge in [0.15, 0.2) is 0 Å². The summed E-state index contributed by atoms with van der Waals surface area (Å²) in [6.07, 6.45) is 5.11. The van der Waals surface area contributed by atoms with Crippen LogP contribution < -0.4 is 11.1 Å². The lowest BCUT2D eigenvalue weighted by atomic mass is 9.96. The van der Waals surface area contributed by atoms with Crippen LogP contribution in [0.25, 0.3) is 0 Å². The molecule has 0 aromatic heterocycles. The summed E-state index contributed by atoms with van der Waals surface area (Å²) in [5.41, 5.74) is 8.53. The Bertz CT molecular complexity index is 1020. The number of nitrogens with one attached hydrogen (secondary N) is 1. The molecule has 0 spiro atoms. The predicted molar refractivity (Wildman–Crippen MR) is 142 cm³/mol. The quantitative estimate of drug-likeness (QED) is 0.566. The van der Waals surface area contributed by atoms with Gasteiger partial charge in [-0.3, -0.25) is 9.59 Å². The Labute approximate surface area is 215 Å². The van der Waals surface area contributed by atoms with Crippen LogP contribution in [0.2, 0.25) is 0 Å². The second-order valence-corrected chi connectivity index (χ2v) is 11.2. The van der Waals surface area contributed by atoms with Gasteiger partial charge in [-0.1, -0.05) is 73.5 Å². The molecule has 0 bridgehead atoms. The van der Waals surface area contributed by atoms with Crippen LogP contribution in [0.1, 0.15) is 62.0 Å². The van der Waals surface area contributed by atoms with Gasteiger partial charge in [0, 0.05) is 31.6 Å². The maximum Gasteiger partial charge on any atom is 0.245 e. The van der Waals surface area contributed by atoms with Gasteiger partial charge in [-0.2, -0.15) is 0 Å². The maximum absolute atomic E-state index is 14.0. The zero-order chi connectivity index (χ0) is 25.1. The molecule has 2 saturated heterocycles. The van der Waals surface area contributed by atoms with Crippen molar-refractivity contribution in [2.75, 3.05) is 26.2 Å². The Kier molecular flexibility index (Phi) is 7.73. The normalized spacial score (nSPS) is 26.1. The smallest absolute Gasteiger partial charge is 0.245 e. The number of hydrogen-bond acceptors (Lipinski definition) is 4. The minimum Gasteiger partial charge on any atom is -0.343 e. The number of nitrogens with zero attached hydrogens (tertiary/aromatic N) is 2. The molecule has 2 amide bonds. The van der Waals surface area contributed by atoms with Gasteiger partial charge in [-0.05, 0) is 55.7 Å². The molecule has 6 heteroatoms. The van der Waals surface area contributed by atoms with Crippen LogP contribution in [-0.4, -0.2) is 65.9 Å². The standard InChI is InChI=1S/C30H40N4O2/c1-21(31)29(35)32-28(16-22-12-13-22)30(36)34-19-26(24-10-6-3-7-11-24)17-27(34)20-33-15-14-25(18-33)23-8-4-2-5-9-23/h2-11,21-22,25-28H,12-20,31H2,1H3,(H,32,35)/t21?,25?,26-,27-,28?/m0/s1. The van der Waals surface area contributed by atoms with E-state index in [1.165, 1.54) is 11.1 Å². The third-order valence-electron chi connectivity index (χ3n) is 8.27. The molecule has 5 atom stereocenters. The molecule has 1 saturated carbocycles. The van der Waals surface area contributed by atoms with Crippen LogP contribution >= 0.6 is 0 Å². The van der Waals surface area contributed by atoms with Crippen molar-refractivity contribution in [2.24, 2.45) is 11.7 Å². The minimum atomic E-state index is -0.620. The Morgan fingerprint density at radius 2 is 1.58 bits per heavy atom. The topological polar surface area (TPSA) is 78.7 Å². The van der Waals surface area contributed by atoms with E-state index < -0.39 is 12.1 Å². The van der Waals surface area contributed by atoms with Crippen molar-refractivity contribution in [3.63, 3.8) is 0 Å². The highest BCUT2D eigenvalue weighted by Gasteiger charge is 2.42. The predicted octanol–water partition coefficient (Wildman–Crippen LogP) is 3.49. The molecular formula is C30H40N4O2. The van der Waals surface area contributed by atoms with E-state index in [-0.39, 0.29) is 17.9 Å². The molecule has 3 unspecified atom stereocenters. The molecule has 1 aliphatic carbocycles. The average molecular weight is 489 g/mol. The highest BCUT2D eigenvalue weighted by molar-refractivity contribution is 5.90. The summed E-state index contributed by atoms with van der Waals surface area (Å²) < 4.78 is 0. The second kappa shape index (κ2) is 11.1. The first-order valence-electron chi connectivity index (χ1n) is 13.7. The molecule has 2 aromatic rings. The van der Waals surface area contributed by atoms with Crippen molar-refractivity contribution in [1.82, 2.24) is 15.1 Å². The van der Waals surface area contributed by atoms with Crippen LogP contribution in [0.5, 0.6) is 0 Å². The summed E-state index contributed by atoms with van der Waals surface area (Å²) in [6.45, 7) is 5.36. The fraction of sp³-hybridized carbons (Fsp3) is 0.533. The molecule has 192 valence electrons. The number of hydrogen-bond donors (Lipinski definition) is 2. The largest absolute Gasteiger partial charge is 0.343 e. The molecule has 5 rings (SSSR count). The van der Waals surface area contributed by atoms with Crippen LogP contribution in [0.3, 0.4) is 0 Å². The number of nitrogens with two attached hydrogens (primary N) is 1.